The molecule has 11 aromatic carbocycles. The van der Waals surface area contributed by atoms with Gasteiger partial charge in [0.1, 0.15) is 5.82 Å². The van der Waals surface area contributed by atoms with E-state index in [0.29, 0.717) is 0 Å². The third-order valence-corrected chi connectivity index (χ3v) is 28.5. The Bertz CT molecular complexity index is 7470. The Kier molecular flexibility index (Phi) is 19.5. The van der Waals surface area contributed by atoms with E-state index in [4.69, 9.17) is 4.98 Å². The Balaban J connectivity index is 0.000000150. The van der Waals surface area contributed by atoms with Crippen LogP contribution >= 0.6 is 34.0 Å². The summed E-state index contributed by atoms with van der Waals surface area (Å²) in [5, 5.41) is 6.31. The summed E-state index contributed by atoms with van der Waals surface area (Å²) in [7, 11) is 0. The minimum absolute atomic E-state index is 0. The molecule has 21 aromatic rings. The zero-order chi connectivity index (χ0) is 81.7. The third-order valence-electron chi connectivity index (χ3n) is 25.0. The topological polar surface area (TPSA) is 80.8 Å². The van der Waals surface area contributed by atoms with Crippen molar-refractivity contribution in [2.75, 3.05) is 9.80 Å². The number of benzene rings is 11. The van der Waals surface area contributed by atoms with Gasteiger partial charge in [0.2, 0.25) is 0 Å². The second-order valence-electron chi connectivity index (χ2n) is 33.2. The SMILES string of the molecule is CC1(C)c2cc(-c3ccc(-c4cccc(N(c5[c-]c(-c6ccccn6)ccc5)c5[c-]c(-c6ccccn6)ccc5)n4)s3)cc3c2-n2c4c1cccc4c1cccc(c12)C3(C)C.CC1(C)c2ccccc2-c2cc3c4cc(-c5cc6sc(N(c7[c-]c(-c8ccccn8)ccc7)c7[c-]c(-c8ccccn8)ccc7)cc6s5)ccc4n(-c4ccccc4)c3cc21.[Pt+2].[Pt+2]. The molecule has 14 heteroatoms. The van der Waals surface area contributed by atoms with Crippen molar-refractivity contribution in [2.45, 2.75) is 57.8 Å². The molecule has 2 aliphatic heterocycles. The van der Waals surface area contributed by atoms with Crippen LogP contribution in [0.15, 0.2) is 346 Å². The summed E-state index contributed by atoms with van der Waals surface area (Å²) >= 11 is 5.42. The van der Waals surface area contributed by atoms with Crippen LogP contribution < -0.4 is 9.80 Å². The molecule has 0 amide bonds. The zero-order valence-corrected chi connectivity index (χ0v) is 75.3. The van der Waals surface area contributed by atoms with Crippen molar-refractivity contribution in [3.63, 3.8) is 0 Å². The van der Waals surface area contributed by atoms with Gasteiger partial charge in [-0.1, -0.05) is 181 Å². The molecule has 124 heavy (non-hydrogen) atoms. The number of nitrogens with zero attached hydrogens (tertiary/aromatic N) is 9. The van der Waals surface area contributed by atoms with Crippen molar-refractivity contribution < 1.29 is 42.1 Å². The predicted molar refractivity (Wildman–Crippen MR) is 506 cm³/mol. The first-order valence-corrected chi connectivity index (χ1v) is 43.7. The Morgan fingerprint density at radius 3 is 1.31 bits per heavy atom. The summed E-state index contributed by atoms with van der Waals surface area (Å²) in [5.41, 5.74) is 32.2. The van der Waals surface area contributed by atoms with Gasteiger partial charge >= 0.3 is 42.1 Å². The van der Waals surface area contributed by atoms with E-state index < -0.39 is 0 Å². The van der Waals surface area contributed by atoms with E-state index in [-0.39, 0.29) is 58.4 Å². The van der Waals surface area contributed by atoms with E-state index in [1.165, 1.54) is 130 Å². The Morgan fingerprint density at radius 1 is 0.298 bits per heavy atom. The van der Waals surface area contributed by atoms with E-state index in [1.54, 1.807) is 22.7 Å². The molecule has 0 saturated heterocycles. The average Bonchev–Trinajstić information content (AvgIpc) is 1.43. The normalized spacial score (nSPS) is 13.3. The van der Waals surface area contributed by atoms with Gasteiger partial charge in [0.25, 0.3) is 0 Å². The molecule has 1 aliphatic carbocycles. The van der Waals surface area contributed by atoms with Crippen LogP contribution in [0.4, 0.5) is 33.6 Å². The first kappa shape index (κ1) is 78.4. The molecule has 24 rings (SSSR count). The van der Waals surface area contributed by atoms with Crippen molar-refractivity contribution in [2.24, 2.45) is 0 Å². The fourth-order valence-electron chi connectivity index (χ4n) is 19.0. The van der Waals surface area contributed by atoms with Gasteiger partial charge in [0.15, 0.2) is 0 Å². The minimum atomic E-state index is -0.188. The molecule has 3 aliphatic rings. The van der Waals surface area contributed by atoms with E-state index in [2.05, 4.69) is 329 Å². The number of para-hydroxylation sites is 3. The first-order chi connectivity index (χ1) is 59.7. The predicted octanol–water partition coefficient (Wildman–Crippen LogP) is 29.3. The van der Waals surface area contributed by atoms with Crippen molar-refractivity contribution in [1.82, 2.24) is 34.1 Å². The quantitative estimate of drug-likeness (QED) is 0.100. The van der Waals surface area contributed by atoms with Gasteiger partial charge in [0, 0.05) is 87.4 Å². The molecular formula is C110H75N9Pt2S3. The summed E-state index contributed by atoms with van der Waals surface area (Å²) in [4.78, 5) is 31.9. The summed E-state index contributed by atoms with van der Waals surface area (Å²) in [5.74, 6) is 0.764. The molecule has 9 nitrogen and oxygen atoms in total. The Morgan fingerprint density at radius 2 is 0.766 bits per heavy atom. The summed E-state index contributed by atoms with van der Waals surface area (Å²) in [6, 6.07) is 129. The van der Waals surface area contributed by atoms with E-state index in [1.807, 2.05) is 133 Å². The molecule has 0 bridgehead atoms. The van der Waals surface area contributed by atoms with Gasteiger partial charge < -0.3 is 38.9 Å². The van der Waals surface area contributed by atoms with Crippen LogP contribution in [0.3, 0.4) is 0 Å². The van der Waals surface area contributed by atoms with Gasteiger partial charge in [-0.3, -0.25) is 0 Å². The second-order valence-corrected chi connectivity index (χ2v) is 36.4. The van der Waals surface area contributed by atoms with E-state index in [0.717, 1.165) is 89.2 Å². The first-order valence-electron chi connectivity index (χ1n) is 41.2. The average molecular weight is 2010 g/mol. The van der Waals surface area contributed by atoms with E-state index >= 15 is 0 Å². The minimum Gasteiger partial charge on any atom is -0.338 e. The molecular weight excluding hydrogens is 1930 g/mol. The summed E-state index contributed by atoms with van der Waals surface area (Å²) < 4.78 is 7.52. The molecule has 0 fully saturated rings. The maximum Gasteiger partial charge on any atom is 2.00 e. The number of hydrogen-bond donors (Lipinski definition) is 0. The smallest absolute Gasteiger partial charge is 0.338 e. The van der Waals surface area contributed by atoms with Crippen LogP contribution in [0.25, 0.3) is 152 Å². The number of fused-ring (bicyclic) bond motifs is 8. The Labute approximate surface area is 760 Å². The zero-order valence-electron chi connectivity index (χ0n) is 68.3. The fraction of sp³-hybridized carbons (Fsp3) is 0.0818. The monoisotopic (exact) mass is 2010 g/mol. The van der Waals surface area contributed by atoms with Crippen LogP contribution in [-0.2, 0) is 58.4 Å². The number of anilines is 6. The molecule has 598 valence electrons. The van der Waals surface area contributed by atoms with Gasteiger partial charge in [-0.15, -0.1) is 153 Å². The number of rotatable bonds is 14. The van der Waals surface area contributed by atoms with Crippen LogP contribution in [0.2, 0.25) is 0 Å². The van der Waals surface area contributed by atoms with Crippen molar-refractivity contribution >= 4 is 121 Å². The third kappa shape index (κ3) is 12.9. The van der Waals surface area contributed by atoms with Crippen molar-refractivity contribution in [1.29, 1.82) is 0 Å². The van der Waals surface area contributed by atoms with Gasteiger partial charge in [-0.05, 0) is 210 Å². The van der Waals surface area contributed by atoms with Crippen LogP contribution in [0.5, 0.6) is 0 Å². The number of pyridine rings is 5. The maximum absolute atomic E-state index is 5.39. The van der Waals surface area contributed by atoms with Gasteiger partial charge in [0.05, 0.1) is 43.3 Å². The largest absolute Gasteiger partial charge is 2.00 e. The van der Waals surface area contributed by atoms with E-state index in [9.17, 15) is 0 Å². The summed E-state index contributed by atoms with van der Waals surface area (Å²) in [6.07, 6.45) is 7.28. The molecule has 0 saturated carbocycles. The summed E-state index contributed by atoms with van der Waals surface area (Å²) in [6.45, 7) is 14.3. The molecule has 0 atom stereocenters. The molecule has 0 spiro atoms. The van der Waals surface area contributed by atoms with Crippen molar-refractivity contribution in [3.05, 3.63) is 404 Å². The standard InChI is InChI=1S/C55H39N5S.C55H36N4S2.2Pt/c1-54(2)41-20-11-18-39-40-19-12-21-42-52(40)60(51(39)41)53-43(54)32-36(33-44(53)55(42,3)4)48-26-27-49(61-48)47-24-13-25-50(58-47)59(37-16-9-14-34(30-37)45-22-5-7-28-56-45)38-17-10-15-35(31-38)46-23-6-8-29-57-46;1-55(2)45-21-7-6-20-41(45)42-31-44-43-30-37(24-25-49(43)59(50(44)32-46(42)55)38-16-4-3-5-17-38)51-33-52-53(60-51)34-54(61-52)58(39-18-12-14-35(28-39)47-22-8-10-26-56-47)40-19-13-15-36(29-40)48-23-9-11-27-57-48;;/h5-29,32-33H,1-4H3;3-27,30-34H,1-2H3;;/q2*-2;2*+2. The molecule has 0 unspecified atom stereocenters. The molecule has 10 aromatic heterocycles. The van der Waals surface area contributed by atoms with Gasteiger partial charge in [-0.25, -0.2) is 4.98 Å². The fourth-order valence-corrected chi connectivity index (χ4v) is 22.4. The molecule has 0 radical (unpaired) electrons. The van der Waals surface area contributed by atoms with Crippen LogP contribution in [-0.4, -0.2) is 34.1 Å². The number of hydrogen-bond acceptors (Lipinski definition) is 10. The second kappa shape index (κ2) is 30.9. The number of thiophene rings is 3. The maximum atomic E-state index is 5.39. The van der Waals surface area contributed by atoms with Crippen LogP contribution in [0.1, 0.15) is 74.9 Å². The molecule has 12 heterocycles. The van der Waals surface area contributed by atoms with Crippen molar-refractivity contribution in [3.8, 4) is 99.0 Å². The Hall–Kier alpha value is -12.9. The molecule has 0 N–H and O–H groups in total. The van der Waals surface area contributed by atoms with Crippen LogP contribution in [0, 0.1) is 24.3 Å². The number of aromatic nitrogens is 7. The van der Waals surface area contributed by atoms with Gasteiger partial charge in [-0.2, -0.15) is 0 Å².